The normalized spacial score (nSPS) is 22.4. The van der Waals surface area contributed by atoms with Crippen molar-refractivity contribution in [1.29, 1.82) is 0 Å². The predicted octanol–water partition coefficient (Wildman–Crippen LogP) is 2.14. The minimum atomic E-state index is -0.254. The van der Waals surface area contributed by atoms with Gasteiger partial charge in [-0.05, 0) is 64.0 Å². The summed E-state index contributed by atoms with van der Waals surface area (Å²) in [5, 5.41) is 6.41. The SMILES string of the molecule is CC(NC(=O)CCC1CCNC1)c1cc(F)ccc1N1CCN(C)CC1. The number of carbonyl (C=O) groups excluding carboxylic acids is 1. The van der Waals surface area contributed by atoms with E-state index >= 15 is 0 Å². The summed E-state index contributed by atoms with van der Waals surface area (Å²) in [6, 6.07) is 4.73. The van der Waals surface area contributed by atoms with Crippen LogP contribution in [0.3, 0.4) is 0 Å². The number of anilines is 1. The second kappa shape index (κ2) is 8.82. The van der Waals surface area contributed by atoms with Crippen LogP contribution < -0.4 is 15.5 Å². The van der Waals surface area contributed by atoms with Gasteiger partial charge >= 0.3 is 0 Å². The average Bonchev–Trinajstić information content (AvgIpc) is 3.14. The number of amides is 1. The first kappa shape index (κ1) is 19.1. The topological polar surface area (TPSA) is 47.6 Å². The van der Waals surface area contributed by atoms with Crippen molar-refractivity contribution in [3.63, 3.8) is 0 Å². The summed E-state index contributed by atoms with van der Waals surface area (Å²) in [5.74, 6) is 0.403. The third kappa shape index (κ3) is 4.95. The molecule has 2 atom stereocenters. The average molecular weight is 362 g/mol. The molecule has 0 saturated carbocycles. The van der Waals surface area contributed by atoms with Crippen molar-refractivity contribution in [2.75, 3.05) is 51.2 Å². The Morgan fingerprint density at radius 1 is 1.35 bits per heavy atom. The molecule has 3 rings (SSSR count). The molecule has 0 aromatic heterocycles. The summed E-state index contributed by atoms with van der Waals surface area (Å²) in [6.45, 7) is 7.85. The van der Waals surface area contributed by atoms with E-state index in [0.717, 1.165) is 63.4 Å². The van der Waals surface area contributed by atoms with Crippen molar-refractivity contribution in [2.24, 2.45) is 5.92 Å². The summed E-state index contributed by atoms with van der Waals surface area (Å²) in [7, 11) is 2.12. The number of hydrogen-bond acceptors (Lipinski definition) is 4. The molecule has 2 aliphatic rings. The van der Waals surface area contributed by atoms with Crippen LogP contribution in [0.2, 0.25) is 0 Å². The first-order valence-corrected chi connectivity index (χ1v) is 9.76. The second-order valence-electron chi connectivity index (χ2n) is 7.68. The van der Waals surface area contributed by atoms with E-state index in [4.69, 9.17) is 0 Å². The van der Waals surface area contributed by atoms with E-state index in [1.807, 2.05) is 13.0 Å². The van der Waals surface area contributed by atoms with E-state index < -0.39 is 0 Å². The summed E-state index contributed by atoms with van der Waals surface area (Å²) in [5.41, 5.74) is 1.90. The van der Waals surface area contributed by atoms with E-state index in [2.05, 4.69) is 27.5 Å². The van der Waals surface area contributed by atoms with Crippen LogP contribution in [-0.2, 0) is 4.79 Å². The predicted molar refractivity (Wildman–Crippen MR) is 103 cm³/mol. The van der Waals surface area contributed by atoms with Crippen LogP contribution in [0.5, 0.6) is 0 Å². The maximum atomic E-state index is 13.9. The molecule has 0 bridgehead atoms. The molecule has 2 aliphatic heterocycles. The first-order chi connectivity index (χ1) is 12.5. The van der Waals surface area contributed by atoms with Gasteiger partial charge in [0.15, 0.2) is 0 Å². The molecule has 1 amide bonds. The van der Waals surface area contributed by atoms with E-state index in [1.165, 1.54) is 6.07 Å². The first-order valence-electron chi connectivity index (χ1n) is 9.76. The lowest BCUT2D eigenvalue weighted by Gasteiger charge is -2.36. The van der Waals surface area contributed by atoms with Crippen LogP contribution in [0, 0.1) is 11.7 Å². The highest BCUT2D eigenvalue weighted by Gasteiger charge is 2.22. The van der Waals surface area contributed by atoms with Crippen LogP contribution >= 0.6 is 0 Å². The number of piperazine rings is 1. The molecule has 2 unspecified atom stereocenters. The molecule has 0 radical (unpaired) electrons. The highest BCUT2D eigenvalue weighted by atomic mass is 19.1. The molecular formula is C20H31FN4O. The molecule has 144 valence electrons. The van der Waals surface area contributed by atoms with E-state index in [1.54, 1.807) is 6.07 Å². The highest BCUT2D eigenvalue weighted by Crippen LogP contribution is 2.28. The summed E-state index contributed by atoms with van der Waals surface area (Å²) in [6.07, 6.45) is 2.61. The van der Waals surface area contributed by atoms with Crippen molar-refractivity contribution in [3.8, 4) is 0 Å². The number of benzene rings is 1. The quantitative estimate of drug-likeness (QED) is 0.814. The molecule has 0 spiro atoms. The van der Waals surface area contributed by atoms with Gasteiger partial charge in [0.05, 0.1) is 6.04 Å². The van der Waals surface area contributed by atoms with Gasteiger partial charge in [-0.25, -0.2) is 4.39 Å². The summed E-state index contributed by atoms with van der Waals surface area (Å²) >= 11 is 0. The third-order valence-corrected chi connectivity index (χ3v) is 5.62. The molecule has 2 N–H and O–H groups in total. The molecule has 1 aromatic carbocycles. The van der Waals surface area contributed by atoms with Crippen LogP contribution in [-0.4, -0.2) is 57.1 Å². The number of likely N-dealkylation sites (N-methyl/N-ethyl adjacent to an activating group) is 1. The van der Waals surface area contributed by atoms with Gasteiger partial charge in [0, 0.05) is 43.9 Å². The Morgan fingerprint density at radius 3 is 2.81 bits per heavy atom. The zero-order valence-electron chi connectivity index (χ0n) is 15.9. The monoisotopic (exact) mass is 362 g/mol. The van der Waals surface area contributed by atoms with Crippen LogP contribution in [0.1, 0.15) is 37.8 Å². The lowest BCUT2D eigenvalue weighted by Crippen LogP contribution is -2.45. The number of rotatable bonds is 6. The van der Waals surface area contributed by atoms with Crippen LogP contribution in [0.15, 0.2) is 18.2 Å². The number of nitrogens with one attached hydrogen (secondary N) is 2. The molecular weight excluding hydrogens is 331 g/mol. The van der Waals surface area contributed by atoms with Gasteiger partial charge in [-0.15, -0.1) is 0 Å². The Hall–Kier alpha value is -1.66. The van der Waals surface area contributed by atoms with Crippen LogP contribution in [0.4, 0.5) is 10.1 Å². The number of carbonyl (C=O) groups is 1. The zero-order valence-corrected chi connectivity index (χ0v) is 15.9. The fourth-order valence-corrected chi connectivity index (χ4v) is 3.89. The zero-order chi connectivity index (χ0) is 18.5. The Kier molecular flexibility index (Phi) is 6.48. The molecule has 5 nitrogen and oxygen atoms in total. The summed E-state index contributed by atoms with van der Waals surface area (Å²) < 4.78 is 13.9. The molecule has 0 aliphatic carbocycles. The minimum absolute atomic E-state index is 0.0537. The van der Waals surface area contributed by atoms with Gasteiger partial charge in [-0.3, -0.25) is 4.79 Å². The van der Waals surface area contributed by atoms with Crippen molar-refractivity contribution >= 4 is 11.6 Å². The smallest absolute Gasteiger partial charge is 0.220 e. The fourth-order valence-electron chi connectivity index (χ4n) is 3.89. The molecule has 2 saturated heterocycles. The maximum absolute atomic E-state index is 13.9. The Balaban J connectivity index is 1.62. The molecule has 1 aromatic rings. The van der Waals surface area contributed by atoms with Crippen LogP contribution in [0.25, 0.3) is 0 Å². The van der Waals surface area contributed by atoms with E-state index in [0.29, 0.717) is 12.3 Å². The molecule has 2 fully saturated rings. The maximum Gasteiger partial charge on any atom is 0.220 e. The molecule has 2 heterocycles. The lowest BCUT2D eigenvalue weighted by molar-refractivity contribution is -0.122. The second-order valence-corrected chi connectivity index (χ2v) is 7.68. The lowest BCUT2D eigenvalue weighted by atomic mass is 10.0. The van der Waals surface area contributed by atoms with Crippen molar-refractivity contribution in [3.05, 3.63) is 29.6 Å². The van der Waals surface area contributed by atoms with Gasteiger partial charge in [0.25, 0.3) is 0 Å². The van der Waals surface area contributed by atoms with Gasteiger partial charge in [0.2, 0.25) is 5.91 Å². The van der Waals surface area contributed by atoms with Crippen molar-refractivity contribution in [2.45, 2.75) is 32.2 Å². The Morgan fingerprint density at radius 2 is 2.12 bits per heavy atom. The largest absolute Gasteiger partial charge is 0.369 e. The van der Waals surface area contributed by atoms with E-state index in [9.17, 15) is 9.18 Å². The van der Waals surface area contributed by atoms with Crippen molar-refractivity contribution < 1.29 is 9.18 Å². The molecule has 26 heavy (non-hydrogen) atoms. The van der Waals surface area contributed by atoms with Gasteiger partial charge < -0.3 is 20.4 Å². The minimum Gasteiger partial charge on any atom is -0.369 e. The third-order valence-electron chi connectivity index (χ3n) is 5.62. The standard InChI is InChI=1S/C20H31FN4O/c1-15(23-20(26)6-3-16-7-8-22-14-16)18-13-17(21)4-5-19(18)25-11-9-24(2)10-12-25/h4-5,13,15-16,22H,3,6-12,14H2,1-2H3,(H,23,26). The Bertz CT molecular complexity index is 610. The number of hydrogen-bond donors (Lipinski definition) is 2. The van der Waals surface area contributed by atoms with Gasteiger partial charge in [-0.1, -0.05) is 0 Å². The fraction of sp³-hybridized carbons (Fsp3) is 0.650. The summed E-state index contributed by atoms with van der Waals surface area (Å²) in [4.78, 5) is 16.9. The van der Waals surface area contributed by atoms with Crippen molar-refractivity contribution in [1.82, 2.24) is 15.5 Å². The molecule has 6 heteroatoms. The van der Waals surface area contributed by atoms with Gasteiger partial charge in [-0.2, -0.15) is 0 Å². The Labute approximate surface area is 155 Å². The number of halogens is 1. The highest BCUT2D eigenvalue weighted by molar-refractivity contribution is 5.76. The number of nitrogens with zero attached hydrogens (tertiary/aromatic N) is 2. The van der Waals surface area contributed by atoms with Gasteiger partial charge in [0.1, 0.15) is 5.82 Å². The van der Waals surface area contributed by atoms with E-state index in [-0.39, 0.29) is 17.8 Å².